The molecule has 2 aliphatic rings. The number of urea groups is 1. The first-order valence-corrected chi connectivity index (χ1v) is 9.71. The lowest BCUT2D eigenvalue weighted by Gasteiger charge is -2.28. The molecule has 28 heavy (non-hydrogen) atoms. The fourth-order valence-corrected chi connectivity index (χ4v) is 3.67. The van der Waals surface area contributed by atoms with E-state index < -0.39 is 5.82 Å². The summed E-state index contributed by atoms with van der Waals surface area (Å²) < 4.78 is 18.6. The summed E-state index contributed by atoms with van der Waals surface area (Å²) in [6, 6.07) is 1.19. The highest BCUT2D eigenvalue weighted by Crippen LogP contribution is 2.21. The van der Waals surface area contributed by atoms with Crippen molar-refractivity contribution in [1.29, 1.82) is 0 Å². The highest BCUT2D eigenvalue weighted by Gasteiger charge is 2.23. The summed E-state index contributed by atoms with van der Waals surface area (Å²) >= 11 is 0. The van der Waals surface area contributed by atoms with Crippen LogP contribution in [0.3, 0.4) is 0 Å². The predicted molar refractivity (Wildman–Crippen MR) is 99.8 cm³/mol. The van der Waals surface area contributed by atoms with Crippen LogP contribution in [0.25, 0.3) is 0 Å². The molecule has 2 aliphatic heterocycles. The van der Waals surface area contributed by atoms with Crippen LogP contribution in [-0.2, 0) is 30.7 Å². The fraction of sp³-hybridized carbons (Fsp3) is 0.500. The molecule has 0 spiro atoms. The van der Waals surface area contributed by atoms with Crippen molar-refractivity contribution in [1.82, 2.24) is 25.2 Å². The van der Waals surface area contributed by atoms with Crippen LogP contribution in [0.5, 0.6) is 0 Å². The summed E-state index contributed by atoms with van der Waals surface area (Å²) in [5, 5.41) is 2.83. The lowest BCUT2D eigenvalue weighted by Crippen LogP contribution is -2.43. The van der Waals surface area contributed by atoms with Gasteiger partial charge in [-0.25, -0.2) is 19.2 Å². The van der Waals surface area contributed by atoms with Crippen molar-refractivity contribution in [3.8, 4) is 0 Å². The molecular weight excluding hydrogens is 361 g/mol. The number of ether oxygens (including phenoxy) is 1. The van der Waals surface area contributed by atoms with Crippen LogP contribution in [0.15, 0.2) is 24.7 Å². The largest absolute Gasteiger partial charge is 0.381 e. The van der Waals surface area contributed by atoms with Gasteiger partial charge in [0, 0.05) is 45.1 Å². The van der Waals surface area contributed by atoms with Crippen LogP contribution >= 0.6 is 0 Å². The van der Waals surface area contributed by atoms with E-state index in [-0.39, 0.29) is 12.6 Å². The summed E-state index contributed by atoms with van der Waals surface area (Å²) in [6.45, 7) is 2.94. The third-order valence-corrected chi connectivity index (χ3v) is 5.30. The third kappa shape index (κ3) is 4.62. The van der Waals surface area contributed by atoms with Gasteiger partial charge in [0.2, 0.25) is 0 Å². The van der Waals surface area contributed by atoms with E-state index in [2.05, 4.69) is 15.3 Å². The Hall–Kier alpha value is -2.61. The first kappa shape index (κ1) is 18.7. The molecule has 7 nitrogen and oxygen atoms in total. The van der Waals surface area contributed by atoms with Crippen molar-refractivity contribution in [3.63, 3.8) is 0 Å². The minimum absolute atomic E-state index is 0.181. The van der Waals surface area contributed by atoms with E-state index in [1.54, 1.807) is 11.1 Å². The Labute approximate surface area is 163 Å². The maximum atomic E-state index is 13.2. The summed E-state index contributed by atoms with van der Waals surface area (Å²) in [5.74, 6) is 1.00. The molecular formula is C20H24FN5O2. The molecule has 1 N–H and O–H groups in total. The van der Waals surface area contributed by atoms with E-state index in [9.17, 15) is 9.18 Å². The van der Waals surface area contributed by atoms with Gasteiger partial charge in [0.15, 0.2) is 0 Å². The molecule has 1 saturated heterocycles. The Morgan fingerprint density at radius 3 is 2.96 bits per heavy atom. The topological polar surface area (TPSA) is 80.2 Å². The van der Waals surface area contributed by atoms with Gasteiger partial charge in [-0.05, 0) is 42.4 Å². The van der Waals surface area contributed by atoms with Gasteiger partial charge in [-0.3, -0.25) is 4.98 Å². The first-order valence-electron chi connectivity index (χ1n) is 9.71. The number of fused-ring (bicyclic) bond motifs is 1. The van der Waals surface area contributed by atoms with Crippen LogP contribution in [0.2, 0.25) is 0 Å². The molecule has 1 fully saturated rings. The molecule has 2 aromatic rings. The number of pyridine rings is 1. The quantitative estimate of drug-likeness (QED) is 0.873. The zero-order valence-electron chi connectivity index (χ0n) is 15.7. The second-order valence-corrected chi connectivity index (χ2v) is 7.36. The normalized spacial score (nSPS) is 17.2. The van der Waals surface area contributed by atoms with E-state index in [1.807, 2.05) is 6.20 Å². The van der Waals surface area contributed by atoms with Gasteiger partial charge >= 0.3 is 6.03 Å². The molecule has 0 bridgehead atoms. The van der Waals surface area contributed by atoms with Crippen LogP contribution in [0.4, 0.5) is 9.18 Å². The van der Waals surface area contributed by atoms with Crippen molar-refractivity contribution in [2.45, 2.75) is 38.8 Å². The minimum Gasteiger partial charge on any atom is -0.381 e. The molecule has 8 heteroatoms. The molecule has 2 amide bonds. The first-order chi connectivity index (χ1) is 13.7. The van der Waals surface area contributed by atoms with Gasteiger partial charge in [0.05, 0.1) is 18.4 Å². The third-order valence-electron chi connectivity index (χ3n) is 5.30. The minimum atomic E-state index is -0.410. The van der Waals surface area contributed by atoms with Crippen LogP contribution in [0, 0.1) is 11.7 Å². The number of carbonyl (C=O) groups is 1. The van der Waals surface area contributed by atoms with Crippen molar-refractivity contribution in [2.75, 3.05) is 19.8 Å². The number of hydrogen-bond acceptors (Lipinski definition) is 5. The number of aromatic nitrogens is 3. The second-order valence-electron chi connectivity index (χ2n) is 7.36. The number of nitrogens with one attached hydrogen (secondary N) is 1. The summed E-state index contributed by atoms with van der Waals surface area (Å²) in [4.78, 5) is 27.3. The standard InChI is InChI=1S/C20H24FN5O2/c21-17-7-15(9-22-12-17)10-24-20(27)26-4-1-16-11-23-19(25-18(16)13-26)8-14-2-5-28-6-3-14/h7,9,11-12,14H,1-6,8,10,13H2,(H,24,27). The summed E-state index contributed by atoms with van der Waals surface area (Å²) in [5.41, 5.74) is 2.66. The van der Waals surface area contributed by atoms with Crippen LogP contribution < -0.4 is 5.32 Å². The number of rotatable bonds is 4. The number of hydrogen-bond donors (Lipinski definition) is 1. The van der Waals surface area contributed by atoms with Crippen LogP contribution in [-0.4, -0.2) is 45.6 Å². The molecule has 0 aliphatic carbocycles. The maximum absolute atomic E-state index is 13.2. The van der Waals surface area contributed by atoms with E-state index >= 15 is 0 Å². The average molecular weight is 385 g/mol. The lowest BCUT2D eigenvalue weighted by atomic mass is 9.96. The lowest BCUT2D eigenvalue weighted by molar-refractivity contribution is 0.0659. The zero-order valence-corrected chi connectivity index (χ0v) is 15.7. The molecule has 0 unspecified atom stereocenters. The molecule has 4 rings (SSSR count). The van der Waals surface area contributed by atoms with Gasteiger partial charge in [-0.2, -0.15) is 0 Å². The van der Waals surface area contributed by atoms with Crippen molar-refractivity contribution < 1.29 is 13.9 Å². The van der Waals surface area contributed by atoms with Crippen molar-refractivity contribution >= 4 is 6.03 Å². The number of halogens is 1. The number of amides is 2. The Bertz CT molecular complexity index is 841. The van der Waals surface area contributed by atoms with E-state index in [4.69, 9.17) is 9.72 Å². The Balaban J connectivity index is 1.36. The van der Waals surface area contributed by atoms with Crippen LogP contribution in [0.1, 0.15) is 35.5 Å². The van der Waals surface area contributed by atoms with Gasteiger partial charge < -0.3 is 15.0 Å². The Kier molecular flexibility index (Phi) is 5.76. The highest BCUT2D eigenvalue weighted by atomic mass is 19.1. The molecule has 0 atom stereocenters. The molecule has 0 aromatic carbocycles. The Morgan fingerprint density at radius 2 is 2.14 bits per heavy atom. The predicted octanol–water partition coefficient (Wildman–Crippen LogP) is 2.25. The molecule has 148 valence electrons. The number of nitrogens with zero attached hydrogens (tertiary/aromatic N) is 4. The smallest absolute Gasteiger partial charge is 0.318 e. The average Bonchev–Trinajstić information content (AvgIpc) is 2.72. The molecule has 0 saturated carbocycles. The van der Waals surface area contributed by atoms with E-state index in [1.165, 1.54) is 6.07 Å². The molecule has 2 aromatic heterocycles. The number of carbonyl (C=O) groups excluding carboxylic acids is 1. The van der Waals surface area contributed by atoms with Gasteiger partial charge in [-0.15, -0.1) is 0 Å². The monoisotopic (exact) mass is 385 g/mol. The van der Waals surface area contributed by atoms with Gasteiger partial charge in [0.1, 0.15) is 11.6 Å². The van der Waals surface area contributed by atoms with Gasteiger partial charge in [0.25, 0.3) is 0 Å². The highest BCUT2D eigenvalue weighted by molar-refractivity contribution is 5.74. The molecule has 4 heterocycles. The Morgan fingerprint density at radius 1 is 1.29 bits per heavy atom. The fourth-order valence-electron chi connectivity index (χ4n) is 3.67. The summed E-state index contributed by atoms with van der Waals surface area (Å²) in [6.07, 6.45) is 8.28. The van der Waals surface area contributed by atoms with Crippen molar-refractivity contribution in [3.05, 3.63) is 53.1 Å². The maximum Gasteiger partial charge on any atom is 0.318 e. The SMILES string of the molecule is O=C(NCc1cncc(F)c1)N1CCc2cnc(CC3CCOCC3)nc2C1. The molecule has 0 radical (unpaired) electrons. The zero-order chi connectivity index (χ0) is 19.3. The van der Waals surface area contributed by atoms with Crippen molar-refractivity contribution in [2.24, 2.45) is 5.92 Å². The van der Waals surface area contributed by atoms with E-state index in [0.29, 0.717) is 24.6 Å². The van der Waals surface area contributed by atoms with E-state index in [0.717, 1.165) is 62.2 Å². The van der Waals surface area contributed by atoms with Gasteiger partial charge in [-0.1, -0.05) is 0 Å². The second kappa shape index (κ2) is 8.60. The summed E-state index contributed by atoms with van der Waals surface area (Å²) in [7, 11) is 0.